The summed E-state index contributed by atoms with van der Waals surface area (Å²) in [5, 5.41) is 0.366. The highest BCUT2D eigenvalue weighted by atomic mass is 19.1. The van der Waals surface area contributed by atoms with Crippen LogP contribution in [0.15, 0.2) is 18.2 Å². The fourth-order valence-corrected chi connectivity index (χ4v) is 2.27. The molecule has 0 fully saturated rings. The van der Waals surface area contributed by atoms with Gasteiger partial charge in [-0.25, -0.2) is 9.18 Å². The average Bonchev–Trinajstić information content (AvgIpc) is 2.70. The van der Waals surface area contributed by atoms with Crippen molar-refractivity contribution in [3.8, 4) is 0 Å². The quantitative estimate of drug-likeness (QED) is 0.520. The molecule has 0 atom stereocenters. The van der Waals surface area contributed by atoms with Crippen molar-refractivity contribution in [3.63, 3.8) is 0 Å². The predicted molar refractivity (Wildman–Crippen MR) is 72.4 cm³/mol. The maximum atomic E-state index is 13.4. The molecule has 1 amide bonds. The number of methoxy groups -OCH3 is 1. The van der Waals surface area contributed by atoms with Gasteiger partial charge in [0.1, 0.15) is 11.5 Å². The second kappa shape index (κ2) is 5.35. The Hall–Kier alpha value is -2.70. The molecular formula is C14H13FN2O4. The molecule has 7 heteroatoms. The summed E-state index contributed by atoms with van der Waals surface area (Å²) in [5.41, 5.74) is 5.35. The van der Waals surface area contributed by atoms with E-state index in [2.05, 4.69) is 4.74 Å². The predicted octanol–water partition coefficient (Wildman–Crippen LogP) is 1.16. The van der Waals surface area contributed by atoms with Gasteiger partial charge in [0, 0.05) is 12.4 Å². The molecule has 0 saturated carbocycles. The minimum atomic E-state index is -0.810. The van der Waals surface area contributed by atoms with Gasteiger partial charge in [0.15, 0.2) is 5.78 Å². The monoisotopic (exact) mass is 292 g/mol. The average molecular weight is 292 g/mol. The molecule has 2 N–H and O–H groups in total. The van der Waals surface area contributed by atoms with Crippen molar-refractivity contribution >= 4 is 28.6 Å². The summed E-state index contributed by atoms with van der Waals surface area (Å²) >= 11 is 0. The Labute approximate surface area is 119 Å². The molecule has 2 aromatic rings. The zero-order chi connectivity index (χ0) is 15.7. The Kier molecular flexibility index (Phi) is 3.75. The third kappa shape index (κ3) is 2.49. The van der Waals surface area contributed by atoms with Gasteiger partial charge in [0.2, 0.25) is 5.91 Å². The van der Waals surface area contributed by atoms with E-state index in [-0.39, 0.29) is 11.3 Å². The number of benzene rings is 1. The number of ketones is 1. The number of aromatic nitrogens is 1. The third-order valence-corrected chi connectivity index (χ3v) is 3.16. The topological polar surface area (TPSA) is 91.4 Å². The van der Waals surface area contributed by atoms with Crippen LogP contribution in [0, 0.1) is 5.82 Å². The first-order chi connectivity index (χ1) is 9.86. The van der Waals surface area contributed by atoms with Gasteiger partial charge < -0.3 is 15.0 Å². The van der Waals surface area contributed by atoms with Crippen LogP contribution in [0.3, 0.4) is 0 Å². The summed E-state index contributed by atoms with van der Waals surface area (Å²) in [5.74, 6) is -2.68. The number of rotatable bonds is 4. The number of hydrogen-bond acceptors (Lipinski definition) is 4. The standard InChI is InChI=1S/C14H13FN2O4/c1-17-9-5-7(15)3-4-8(9)12(10(18)6-11(16)19)13(17)14(20)21-2/h3-5H,6H2,1-2H3,(H2,16,19). The van der Waals surface area contributed by atoms with Crippen molar-refractivity contribution in [3.05, 3.63) is 35.3 Å². The molecule has 21 heavy (non-hydrogen) atoms. The van der Waals surface area contributed by atoms with Gasteiger partial charge in [-0.1, -0.05) is 0 Å². The van der Waals surface area contributed by atoms with E-state index in [1.54, 1.807) is 0 Å². The summed E-state index contributed by atoms with van der Waals surface area (Å²) in [4.78, 5) is 35.0. The lowest BCUT2D eigenvalue weighted by Crippen LogP contribution is -2.19. The fraction of sp³-hybridized carbons (Fsp3) is 0.214. The molecule has 0 aliphatic heterocycles. The van der Waals surface area contributed by atoms with Crippen LogP contribution in [-0.2, 0) is 16.6 Å². The highest BCUT2D eigenvalue weighted by molar-refractivity contribution is 6.19. The summed E-state index contributed by atoms with van der Waals surface area (Å²) in [6.07, 6.45) is -0.541. The number of fused-ring (bicyclic) bond motifs is 1. The molecule has 2 rings (SSSR count). The molecule has 0 spiro atoms. The number of hydrogen-bond donors (Lipinski definition) is 1. The zero-order valence-electron chi connectivity index (χ0n) is 11.5. The maximum Gasteiger partial charge on any atom is 0.355 e. The van der Waals surface area contributed by atoms with Crippen molar-refractivity contribution in [1.82, 2.24) is 4.57 Å². The van der Waals surface area contributed by atoms with E-state index in [1.807, 2.05) is 0 Å². The lowest BCUT2D eigenvalue weighted by molar-refractivity contribution is -0.117. The van der Waals surface area contributed by atoms with E-state index in [9.17, 15) is 18.8 Å². The summed E-state index contributed by atoms with van der Waals surface area (Å²) < 4.78 is 19.4. The number of Topliss-reactive ketones (excluding diaryl/α,β-unsaturated/α-hetero) is 1. The first-order valence-electron chi connectivity index (χ1n) is 6.04. The van der Waals surface area contributed by atoms with Crippen molar-refractivity contribution in [1.29, 1.82) is 0 Å². The molecule has 0 bridgehead atoms. The molecule has 0 unspecified atom stereocenters. The van der Waals surface area contributed by atoms with Gasteiger partial charge in [0.25, 0.3) is 0 Å². The largest absolute Gasteiger partial charge is 0.464 e. The number of nitrogens with zero attached hydrogens (tertiary/aromatic N) is 1. The molecule has 0 aliphatic carbocycles. The van der Waals surface area contributed by atoms with Gasteiger partial charge in [-0.15, -0.1) is 0 Å². The van der Waals surface area contributed by atoms with Gasteiger partial charge >= 0.3 is 5.97 Å². The summed E-state index contributed by atoms with van der Waals surface area (Å²) in [6.45, 7) is 0. The van der Waals surface area contributed by atoms with E-state index in [0.717, 1.165) is 0 Å². The Morgan fingerprint density at radius 3 is 2.57 bits per heavy atom. The van der Waals surface area contributed by atoms with Crippen molar-refractivity contribution in [2.45, 2.75) is 6.42 Å². The van der Waals surface area contributed by atoms with E-state index in [0.29, 0.717) is 10.9 Å². The van der Waals surface area contributed by atoms with E-state index in [1.165, 1.54) is 36.9 Å². The van der Waals surface area contributed by atoms with Gasteiger partial charge in [-0.3, -0.25) is 9.59 Å². The second-order valence-electron chi connectivity index (χ2n) is 4.50. The minimum absolute atomic E-state index is 0.0122. The summed E-state index contributed by atoms with van der Waals surface area (Å²) in [7, 11) is 2.68. The third-order valence-electron chi connectivity index (χ3n) is 3.16. The number of esters is 1. The molecule has 0 aliphatic rings. The van der Waals surface area contributed by atoms with Crippen LogP contribution in [-0.4, -0.2) is 29.3 Å². The van der Waals surface area contributed by atoms with Crippen molar-refractivity contribution < 1.29 is 23.5 Å². The first-order valence-corrected chi connectivity index (χ1v) is 6.04. The number of amides is 1. The molecule has 6 nitrogen and oxygen atoms in total. The highest BCUT2D eigenvalue weighted by Gasteiger charge is 2.27. The molecule has 1 heterocycles. The van der Waals surface area contributed by atoms with Crippen LogP contribution in [0.25, 0.3) is 10.9 Å². The number of nitrogens with two attached hydrogens (primary N) is 1. The number of aryl methyl sites for hydroxylation is 1. The molecule has 1 aromatic heterocycles. The van der Waals surface area contributed by atoms with Crippen LogP contribution in [0.1, 0.15) is 27.3 Å². The number of primary amides is 1. The molecule has 110 valence electrons. The molecule has 1 aromatic carbocycles. The Morgan fingerprint density at radius 1 is 1.33 bits per heavy atom. The van der Waals surface area contributed by atoms with Crippen LogP contribution >= 0.6 is 0 Å². The van der Waals surface area contributed by atoms with Crippen molar-refractivity contribution in [2.24, 2.45) is 12.8 Å². The van der Waals surface area contributed by atoms with E-state index < -0.39 is 29.9 Å². The van der Waals surface area contributed by atoms with E-state index >= 15 is 0 Å². The number of carbonyl (C=O) groups excluding carboxylic acids is 3. The van der Waals surface area contributed by atoms with Crippen LogP contribution in [0.2, 0.25) is 0 Å². The molecular weight excluding hydrogens is 279 g/mol. The molecule has 0 saturated heterocycles. The Morgan fingerprint density at radius 2 is 2.00 bits per heavy atom. The van der Waals surface area contributed by atoms with Crippen LogP contribution in [0.5, 0.6) is 0 Å². The second-order valence-corrected chi connectivity index (χ2v) is 4.50. The maximum absolute atomic E-state index is 13.4. The minimum Gasteiger partial charge on any atom is -0.464 e. The number of carbonyl (C=O) groups is 3. The number of halogens is 1. The molecule has 0 radical (unpaired) electrons. The zero-order valence-corrected chi connectivity index (χ0v) is 11.5. The Bertz CT molecular complexity index is 764. The van der Waals surface area contributed by atoms with E-state index in [4.69, 9.17) is 5.73 Å². The lowest BCUT2D eigenvalue weighted by atomic mass is 10.0. The number of ether oxygens (including phenoxy) is 1. The highest BCUT2D eigenvalue weighted by Crippen LogP contribution is 2.28. The van der Waals surface area contributed by atoms with Gasteiger partial charge in [-0.05, 0) is 18.2 Å². The fourth-order valence-electron chi connectivity index (χ4n) is 2.27. The van der Waals surface area contributed by atoms with Crippen molar-refractivity contribution in [2.75, 3.05) is 7.11 Å². The van der Waals surface area contributed by atoms with Crippen LogP contribution in [0.4, 0.5) is 4.39 Å². The lowest BCUT2D eigenvalue weighted by Gasteiger charge is -2.04. The van der Waals surface area contributed by atoms with Gasteiger partial charge in [0.05, 0.1) is 24.6 Å². The summed E-state index contributed by atoms with van der Waals surface area (Å²) in [6, 6.07) is 3.75. The SMILES string of the molecule is COC(=O)c1c(C(=O)CC(N)=O)c2ccc(F)cc2n1C. The Balaban J connectivity index is 2.79. The normalized spacial score (nSPS) is 10.6. The van der Waals surface area contributed by atoms with Crippen LogP contribution < -0.4 is 5.73 Å². The van der Waals surface area contributed by atoms with Gasteiger partial charge in [-0.2, -0.15) is 0 Å². The smallest absolute Gasteiger partial charge is 0.355 e. The first kappa shape index (κ1) is 14.7.